The topological polar surface area (TPSA) is 38.9 Å². The summed E-state index contributed by atoms with van der Waals surface area (Å²) in [5.41, 5.74) is 9.71. The van der Waals surface area contributed by atoms with Crippen LogP contribution in [0.2, 0.25) is 0 Å². The van der Waals surface area contributed by atoms with Crippen LogP contribution >= 0.6 is 27.3 Å². The molecule has 0 amide bonds. The molecule has 1 heterocycles. The van der Waals surface area contributed by atoms with Crippen molar-refractivity contribution in [3.05, 3.63) is 44.4 Å². The van der Waals surface area contributed by atoms with Gasteiger partial charge in [-0.25, -0.2) is 4.98 Å². The molecule has 1 aliphatic rings. The van der Waals surface area contributed by atoms with Crippen molar-refractivity contribution in [2.24, 2.45) is 0 Å². The summed E-state index contributed by atoms with van der Waals surface area (Å²) in [7, 11) is 0. The molecular formula is C14H15BrN2S. The molecular weight excluding hydrogens is 308 g/mol. The maximum absolute atomic E-state index is 5.86. The van der Waals surface area contributed by atoms with Crippen molar-refractivity contribution in [2.45, 2.75) is 32.1 Å². The van der Waals surface area contributed by atoms with Gasteiger partial charge < -0.3 is 5.73 Å². The predicted molar refractivity (Wildman–Crippen MR) is 80.2 cm³/mol. The van der Waals surface area contributed by atoms with Crippen molar-refractivity contribution < 1.29 is 0 Å². The SMILES string of the molecule is Cc1cc(Br)cc(Cc2sc(N)nc2C2CC2)c1. The highest BCUT2D eigenvalue weighted by molar-refractivity contribution is 9.10. The van der Waals surface area contributed by atoms with Crippen molar-refractivity contribution in [3.63, 3.8) is 0 Å². The summed E-state index contributed by atoms with van der Waals surface area (Å²) in [6.45, 7) is 2.12. The molecule has 0 unspecified atom stereocenters. The van der Waals surface area contributed by atoms with Crippen LogP contribution in [0.5, 0.6) is 0 Å². The van der Waals surface area contributed by atoms with Gasteiger partial charge >= 0.3 is 0 Å². The van der Waals surface area contributed by atoms with Gasteiger partial charge in [-0.1, -0.05) is 22.0 Å². The normalized spacial score (nSPS) is 15.0. The van der Waals surface area contributed by atoms with Gasteiger partial charge in [-0.2, -0.15) is 0 Å². The molecule has 0 atom stereocenters. The lowest BCUT2D eigenvalue weighted by atomic mass is 10.1. The average Bonchev–Trinajstić information content (AvgIpc) is 3.02. The van der Waals surface area contributed by atoms with E-state index in [2.05, 4.69) is 46.0 Å². The lowest BCUT2D eigenvalue weighted by molar-refractivity contribution is 1.01. The molecule has 0 bridgehead atoms. The molecule has 0 spiro atoms. The fourth-order valence-electron chi connectivity index (χ4n) is 2.28. The molecule has 2 aromatic rings. The number of hydrogen-bond acceptors (Lipinski definition) is 3. The number of nitrogens with two attached hydrogens (primary N) is 1. The van der Waals surface area contributed by atoms with Crippen molar-refractivity contribution in [1.82, 2.24) is 4.98 Å². The Balaban J connectivity index is 1.91. The van der Waals surface area contributed by atoms with E-state index in [1.807, 2.05) is 0 Å². The highest BCUT2D eigenvalue weighted by Gasteiger charge is 2.29. The summed E-state index contributed by atoms with van der Waals surface area (Å²) in [5, 5.41) is 0.707. The second-order valence-electron chi connectivity index (χ2n) is 4.95. The fraction of sp³-hybridized carbons (Fsp3) is 0.357. The molecule has 0 aliphatic heterocycles. The lowest BCUT2D eigenvalue weighted by Crippen LogP contribution is -1.92. The molecule has 18 heavy (non-hydrogen) atoms. The van der Waals surface area contributed by atoms with Crippen molar-refractivity contribution in [3.8, 4) is 0 Å². The maximum atomic E-state index is 5.86. The first-order valence-corrected chi connectivity index (χ1v) is 7.74. The monoisotopic (exact) mass is 322 g/mol. The number of aryl methyl sites for hydroxylation is 1. The molecule has 2 N–H and O–H groups in total. The third-order valence-corrected chi connectivity index (χ3v) is 4.53. The van der Waals surface area contributed by atoms with E-state index in [0.29, 0.717) is 11.0 Å². The molecule has 1 aromatic heterocycles. The quantitative estimate of drug-likeness (QED) is 0.916. The highest BCUT2D eigenvalue weighted by atomic mass is 79.9. The van der Waals surface area contributed by atoms with E-state index in [9.17, 15) is 0 Å². The zero-order chi connectivity index (χ0) is 12.7. The number of anilines is 1. The van der Waals surface area contributed by atoms with Crippen LogP contribution in [0.15, 0.2) is 22.7 Å². The summed E-state index contributed by atoms with van der Waals surface area (Å²) < 4.78 is 1.14. The van der Waals surface area contributed by atoms with Gasteiger partial charge in [-0.15, -0.1) is 11.3 Å². The predicted octanol–water partition coefficient (Wildman–Crippen LogP) is 4.26. The summed E-state index contributed by atoms with van der Waals surface area (Å²) in [5.74, 6) is 0.668. The second kappa shape index (κ2) is 4.67. The van der Waals surface area contributed by atoms with Crippen LogP contribution in [-0.4, -0.2) is 4.98 Å². The Morgan fingerprint density at radius 1 is 1.39 bits per heavy atom. The van der Waals surface area contributed by atoms with Crippen LogP contribution < -0.4 is 5.73 Å². The van der Waals surface area contributed by atoms with Gasteiger partial charge in [-0.3, -0.25) is 0 Å². The molecule has 1 saturated carbocycles. The van der Waals surface area contributed by atoms with Crippen molar-refractivity contribution in [1.29, 1.82) is 0 Å². The number of hydrogen-bond donors (Lipinski definition) is 1. The summed E-state index contributed by atoms with van der Waals surface area (Å²) in [4.78, 5) is 5.84. The number of nitrogens with zero attached hydrogens (tertiary/aromatic N) is 1. The van der Waals surface area contributed by atoms with Crippen LogP contribution in [-0.2, 0) is 6.42 Å². The Bertz CT molecular complexity index is 567. The third kappa shape index (κ3) is 2.59. The lowest BCUT2D eigenvalue weighted by Gasteiger charge is -2.04. The molecule has 94 valence electrons. The summed E-state index contributed by atoms with van der Waals surface area (Å²) in [6.07, 6.45) is 3.49. The number of thiazole rings is 1. The van der Waals surface area contributed by atoms with E-state index in [-0.39, 0.29) is 0 Å². The first-order chi connectivity index (χ1) is 8.61. The van der Waals surface area contributed by atoms with Gasteiger partial charge in [0.25, 0.3) is 0 Å². The molecule has 0 saturated heterocycles. The van der Waals surface area contributed by atoms with Gasteiger partial charge in [0.05, 0.1) is 5.69 Å². The largest absolute Gasteiger partial charge is 0.375 e. The number of rotatable bonds is 3. The van der Waals surface area contributed by atoms with Crippen LogP contribution in [0.4, 0.5) is 5.13 Å². The number of nitrogen functional groups attached to an aromatic ring is 1. The molecule has 1 fully saturated rings. The van der Waals surface area contributed by atoms with E-state index in [1.165, 1.54) is 34.5 Å². The van der Waals surface area contributed by atoms with Gasteiger partial charge in [0.1, 0.15) is 0 Å². The van der Waals surface area contributed by atoms with E-state index >= 15 is 0 Å². The highest BCUT2D eigenvalue weighted by Crippen LogP contribution is 2.43. The summed E-state index contributed by atoms with van der Waals surface area (Å²) in [6, 6.07) is 6.54. The van der Waals surface area contributed by atoms with Crippen molar-refractivity contribution >= 4 is 32.4 Å². The Labute approximate surface area is 119 Å². The molecule has 2 nitrogen and oxygen atoms in total. The Kier molecular flexibility index (Phi) is 3.16. The average molecular weight is 323 g/mol. The third-order valence-electron chi connectivity index (χ3n) is 3.17. The Hall–Kier alpha value is -0.870. The van der Waals surface area contributed by atoms with Crippen LogP contribution in [0.25, 0.3) is 0 Å². The van der Waals surface area contributed by atoms with E-state index in [4.69, 9.17) is 5.73 Å². The van der Waals surface area contributed by atoms with Crippen LogP contribution in [0.3, 0.4) is 0 Å². The number of halogens is 1. The first kappa shape index (κ1) is 12.2. The van der Waals surface area contributed by atoms with Crippen LogP contribution in [0, 0.1) is 6.92 Å². The summed E-state index contributed by atoms with van der Waals surface area (Å²) >= 11 is 5.20. The smallest absolute Gasteiger partial charge is 0.180 e. The molecule has 0 radical (unpaired) electrons. The minimum atomic E-state index is 0.668. The van der Waals surface area contributed by atoms with Gasteiger partial charge in [0, 0.05) is 21.7 Å². The van der Waals surface area contributed by atoms with Gasteiger partial charge in [0.2, 0.25) is 0 Å². The molecule has 1 aliphatic carbocycles. The minimum absolute atomic E-state index is 0.668. The van der Waals surface area contributed by atoms with E-state index in [0.717, 1.165) is 10.9 Å². The first-order valence-electron chi connectivity index (χ1n) is 6.13. The zero-order valence-corrected chi connectivity index (χ0v) is 12.6. The second-order valence-corrected chi connectivity index (χ2v) is 6.98. The Morgan fingerprint density at radius 2 is 2.17 bits per heavy atom. The minimum Gasteiger partial charge on any atom is -0.375 e. The van der Waals surface area contributed by atoms with Crippen molar-refractivity contribution in [2.75, 3.05) is 5.73 Å². The van der Waals surface area contributed by atoms with Gasteiger partial charge in [0.15, 0.2) is 5.13 Å². The molecule has 3 rings (SSSR count). The van der Waals surface area contributed by atoms with Gasteiger partial charge in [-0.05, 0) is 43.0 Å². The Morgan fingerprint density at radius 3 is 2.83 bits per heavy atom. The standard InChI is InChI=1S/C14H15BrN2S/c1-8-4-9(6-11(15)5-8)7-12-13(10-2-3-10)17-14(16)18-12/h4-6,10H,2-3,7H2,1H3,(H2,16,17). The number of benzene rings is 1. The number of aromatic nitrogens is 1. The molecule has 1 aromatic carbocycles. The van der Waals surface area contributed by atoms with Crippen LogP contribution in [0.1, 0.15) is 40.5 Å². The maximum Gasteiger partial charge on any atom is 0.180 e. The molecule has 4 heteroatoms. The van der Waals surface area contributed by atoms with E-state index in [1.54, 1.807) is 11.3 Å². The zero-order valence-electron chi connectivity index (χ0n) is 10.2. The van der Waals surface area contributed by atoms with E-state index < -0.39 is 0 Å². The fourth-order valence-corrected chi connectivity index (χ4v) is 3.89.